The third-order valence-electron chi connectivity index (χ3n) is 1.49. The highest BCUT2D eigenvalue weighted by molar-refractivity contribution is 6.31. The molecule has 12 heavy (non-hydrogen) atoms. The highest BCUT2D eigenvalue weighted by Crippen LogP contribution is 2.24. The Morgan fingerprint density at radius 3 is 2.67 bits per heavy atom. The molecule has 1 rings (SSSR count). The Morgan fingerprint density at radius 2 is 2.17 bits per heavy atom. The molecule has 3 heteroatoms. The summed E-state index contributed by atoms with van der Waals surface area (Å²) in [6.45, 7) is 4.12. The van der Waals surface area contributed by atoms with E-state index in [2.05, 4.69) is 0 Å². The second-order valence-electron chi connectivity index (χ2n) is 2.47. The standard InChI is InChI=1S/C9H10ClFO/c1-3-12-7-4-6(2)9(10)8(11)5-7/h4-5H,3H2,1-2H3. The van der Waals surface area contributed by atoms with Gasteiger partial charge in [-0.2, -0.15) is 0 Å². The molecule has 1 aromatic rings. The van der Waals surface area contributed by atoms with Crippen molar-refractivity contribution in [2.45, 2.75) is 13.8 Å². The molecule has 0 radical (unpaired) electrons. The highest BCUT2D eigenvalue weighted by Gasteiger charge is 2.05. The lowest BCUT2D eigenvalue weighted by atomic mass is 10.2. The first-order valence-corrected chi connectivity index (χ1v) is 4.11. The van der Waals surface area contributed by atoms with Crippen LogP contribution in [0.1, 0.15) is 12.5 Å². The lowest BCUT2D eigenvalue weighted by Crippen LogP contribution is -1.93. The first-order chi connectivity index (χ1) is 5.65. The van der Waals surface area contributed by atoms with Gasteiger partial charge in [0.05, 0.1) is 11.6 Å². The normalized spacial score (nSPS) is 10.0. The predicted molar refractivity (Wildman–Crippen MR) is 47.3 cm³/mol. The smallest absolute Gasteiger partial charge is 0.145 e. The molecule has 1 aromatic carbocycles. The summed E-state index contributed by atoms with van der Waals surface area (Å²) in [6.07, 6.45) is 0. The van der Waals surface area contributed by atoms with Crippen LogP contribution in [0.25, 0.3) is 0 Å². The van der Waals surface area contributed by atoms with E-state index in [4.69, 9.17) is 16.3 Å². The van der Waals surface area contributed by atoms with Crippen molar-refractivity contribution in [1.82, 2.24) is 0 Å². The SMILES string of the molecule is CCOc1cc(C)c(Cl)c(F)c1. The minimum absolute atomic E-state index is 0.165. The molecule has 0 aliphatic carbocycles. The quantitative estimate of drug-likeness (QED) is 0.693. The van der Waals surface area contributed by atoms with Crippen LogP contribution in [0.2, 0.25) is 5.02 Å². The number of benzene rings is 1. The van der Waals surface area contributed by atoms with E-state index in [1.165, 1.54) is 6.07 Å². The molecule has 0 N–H and O–H groups in total. The van der Waals surface area contributed by atoms with Crippen LogP contribution in [0.4, 0.5) is 4.39 Å². The summed E-state index contributed by atoms with van der Waals surface area (Å²) in [5.41, 5.74) is 0.695. The number of hydrogen-bond acceptors (Lipinski definition) is 1. The summed E-state index contributed by atoms with van der Waals surface area (Å²) in [5, 5.41) is 0.165. The van der Waals surface area contributed by atoms with Crippen molar-refractivity contribution in [3.05, 3.63) is 28.5 Å². The van der Waals surface area contributed by atoms with Crippen molar-refractivity contribution in [3.63, 3.8) is 0 Å². The summed E-state index contributed by atoms with van der Waals surface area (Å²) in [7, 11) is 0. The van der Waals surface area contributed by atoms with E-state index >= 15 is 0 Å². The van der Waals surface area contributed by atoms with E-state index in [1.807, 2.05) is 6.92 Å². The Kier molecular flexibility index (Phi) is 2.93. The Balaban J connectivity index is 3.04. The molecule has 0 heterocycles. The van der Waals surface area contributed by atoms with Gasteiger partial charge in [-0.3, -0.25) is 0 Å². The number of rotatable bonds is 2. The monoisotopic (exact) mass is 188 g/mol. The Hall–Kier alpha value is -0.760. The Morgan fingerprint density at radius 1 is 1.50 bits per heavy atom. The third-order valence-corrected chi connectivity index (χ3v) is 1.97. The topological polar surface area (TPSA) is 9.23 Å². The van der Waals surface area contributed by atoms with E-state index in [0.29, 0.717) is 17.9 Å². The van der Waals surface area contributed by atoms with E-state index in [0.717, 1.165) is 0 Å². The van der Waals surface area contributed by atoms with Gasteiger partial charge in [0.1, 0.15) is 11.6 Å². The summed E-state index contributed by atoms with van der Waals surface area (Å²) < 4.78 is 18.1. The van der Waals surface area contributed by atoms with Gasteiger partial charge in [0.25, 0.3) is 0 Å². The summed E-state index contributed by atoms with van der Waals surface area (Å²) in [6, 6.07) is 3.01. The molecule has 0 aromatic heterocycles. The molecule has 1 nitrogen and oxygen atoms in total. The van der Waals surface area contributed by atoms with Crippen LogP contribution in [-0.4, -0.2) is 6.61 Å². The average molecular weight is 189 g/mol. The summed E-state index contributed by atoms with van der Waals surface area (Å²) >= 11 is 5.62. The van der Waals surface area contributed by atoms with Gasteiger partial charge in [-0.25, -0.2) is 4.39 Å². The van der Waals surface area contributed by atoms with Gasteiger partial charge in [-0.15, -0.1) is 0 Å². The number of ether oxygens (including phenoxy) is 1. The first-order valence-electron chi connectivity index (χ1n) is 3.73. The number of hydrogen-bond donors (Lipinski definition) is 0. The first kappa shape index (κ1) is 9.33. The van der Waals surface area contributed by atoms with Crippen LogP contribution in [0.15, 0.2) is 12.1 Å². The van der Waals surface area contributed by atoms with Crippen LogP contribution >= 0.6 is 11.6 Å². The number of halogens is 2. The van der Waals surface area contributed by atoms with E-state index in [9.17, 15) is 4.39 Å². The summed E-state index contributed by atoms with van der Waals surface area (Å²) in [4.78, 5) is 0. The largest absolute Gasteiger partial charge is 0.494 e. The molecule has 0 saturated carbocycles. The molecule has 66 valence electrons. The zero-order valence-electron chi connectivity index (χ0n) is 7.03. The average Bonchev–Trinajstić information content (AvgIpc) is 2.01. The second kappa shape index (κ2) is 3.76. The van der Waals surface area contributed by atoms with Crippen molar-refractivity contribution in [3.8, 4) is 5.75 Å². The van der Waals surface area contributed by atoms with Crippen LogP contribution in [0.5, 0.6) is 5.75 Å². The van der Waals surface area contributed by atoms with Crippen molar-refractivity contribution in [2.24, 2.45) is 0 Å². The maximum Gasteiger partial charge on any atom is 0.145 e. The van der Waals surface area contributed by atoms with Gasteiger partial charge < -0.3 is 4.74 Å². The molecule has 0 saturated heterocycles. The van der Waals surface area contributed by atoms with Gasteiger partial charge >= 0.3 is 0 Å². The van der Waals surface area contributed by atoms with Gasteiger partial charge in [0.15, 0.2) is 0 Å². The molecule has 0 bridgehead atoms. The molecule has 0 spiro atoms. The van der Waals surface area contributed by atoms with Crippen LogP contribution in [-0.2, 0) is 0 Å². The van der Waals surface area contributed by atoms with Crippen LogP contribution in [0.3, 0.4) is 0 Å². The van der Waals surface area contributed by atoms with Crippen molar-refractivity contribution in [2.75, 3.05) is 6.61 Å². The third kappa shape index (κ3) is 1.89. The summed E-state index contributed by atoms with van der Waals surface area (Å²) in [5.74, 6) is 0.0945. The minimum Gasteiger partial charge on any atom is -0.494 e. The zero-order valence-corrected chi connectivity index (χ0v) is 7.78. The van der Waals surface area contributed by atoms with Gasteiger partial charge in [0, 0.05) is 6.07 Å². The fourth-order valence-corrected chi connectivity index (χ4v) is 1.05. The van der Waals surface area contributed by atoms with Crippen molar-refractivity contribution in [1.29, 1.82) is 0 Å². The van der Waals surface area contributed by atoms with Crippen LogP contribution < -0.4 is 4.74 Å². The lowest BCUT2D eigenvalue weighted by molar-refractivity contribution is 0.338. The number of aryl methyl sites for hydroxylation is 1. The molecular weight excluding hydrogens is 179 g/mol. The predicted octanol–water partition coefficient (Wildman–Crippen LogP) is 3.19. The molecule has 0 atom stereocenters. The second-order valence-corrected chi connectivity index (χ2v) is 2.85. The van der Waals surface area contributed by atoms with E-state index in [1.54, 1.807) is 13.0 Å². The Bertz CT molecular complexity index is 263. The van der Waals surface area contributed by atoms with Gasteiger partial charge in [0.2, 0.25) is 0 Å². The van der Waals surface area contributed by atoms with Crippen molar-refractivity contribution < 1.29 is 9.13 Å². The lowest BCUT2D eigenvalue weighted by Gasteiger charge is -2.05. The molecule has 0 fully saturated rings. The van der Waals surface area contributed by atoms with Crippen molar-refractivity contribution >= 4 is 11.6 Å². The fourth-order valence-electron chi connectivity index (χ4n) is 0.945. The molecule has 0 aliphatic heterocycles. The molecule has 0 unspecified atom stereocenters. The Labute approximate surface area is 76.1 Å². The zero-order chi connectivity index (χ0) is 9.14. The minimum atomic E-state index is -0.430. The van der Waals surface area contributed by atoms with E-state index < -0.39 is 5.82 Å². The fraction of sp³-hybridized carbons (Fsp3) is 0.333. The highest BCUT2D eigenvalue weighted by atomic mass is 35.5. The van der Waals surface area contributed by atoms with Gasteiger partial charge in [-0.05, 0) is 25.5 Å². The van der Waals surface area contributed by atoms with Crippen LogP contribution in [0, 0.1) is 12.7 Å². The molecule has 0 aliphatic rings. The molecular formula is C9H10ClFO. The van der Waals surface area contributed by atoms with Gasteiger partial charge in [-0.1, -0.05) is 11.6 Å². The maximum absolute atomic E-state index is 13.0. The maximum atomic E-state index is 13.0. The van der Waals surface area contributed by atoms with E-state index in [-0.39, 0.29) is 5.02 Å². The molecule has 0 amide bonds.